The molecule has 0 aliphatic carbocycles. The Morgan fingerprint density at radius 3 is 2.75 bits per heavy atom. The Bertz CT molecular complexity index is 531. The largest absolute Gasteiger partial charge is 0.374 e. The molecule has 82 valence electrons. The zero-order valence-corrected chi connectivity index (χ0v) is 9.14. The lowest BCUT2D eigenvalue weighted by atomic mass is 10.0. The molecule has 0 fully saturated rings. The van der Waals surface area contributed by atoms with Gasteiger partial charge in [-0.25, -0.2) is 0 Å². The van der Waals surface area contributed by atoms with Crippen molar-refractivity contribution in [2.45, 2.75) is 13.2 Å². The molecular weight excluding hydrogens is 200 g/mol. The maximum atomic E-state index is 9.74. The van der Waals surface area contributed by atoms with E-state index in [4.69, 9.17) is 0 Å². The van der Waals surface area contributed by atoms with E-state index in [0.29, 0.717) is 6.67 Å². The van der Waals surface area contributed by atoms with Crippen LogP contribution in [-0.4, -0.2) is 18.0 Å². The molecule has 0 spiro atoms. The topological polar surface area (TPSA) is 35.5 Å². The van der Waals surface area contributed by atoms with Gasteiger partial charge in [0, 0.05) is 11.1 Å². The molecule has 1 unspecified atom stereocenters. The molecule has 2 N–H and O–H groups in total. The summed E-state index contributed by atoms with van der Waals surface area (Å²) >= 11 is 0. The summed E-state index contributed by atoms with van der Waals surface area (Å²) in [6, 6.07) is 12.4. The van der Waals surface area contributed by atoms with Crippen molar-refractivity contribution in [1.82, 2.24) is 0 Å². The number of anilines is 2. The molecule has 2 aromatic carbocycles. The van der Waals surface area contributed by atoms with Gasteiger partial charge in [0.25, 0.3) is 0 Å². The first-order valence-electron chi connectivity index (χ1n) is 5.48. The minimum Gasteiger partial charge on any atom is -0.374 e. The van der Waals surface area contributed by atoms with Crippen molar-refractivity contribution in [1.29, 1.82) is 0 Å². The smallest absolute Gasteiger partial charge is 0.125 e. The molecule has 3 heteroatoms. The molecule has 1 heterocycles. The molecule has 3 rings (SSSR count). The van der Waals surface area contributed by atoms with E-state index >= 15 is 0 Å². The molecule has 1 aliphatic rings. The predicted molar refractivity (Wildman–Crippen MR) is 66.6 cm³/mol. The van der Waals surface area contributed by atoms with E-state index in [9.17, 15) is 5.11 Å². The molecule has 0 saturated heterocycles. The number of rotatable bonds is 1. The Hall–Kier alpha value is -1.74. The van der Waals surface area contributed by atoms with E-state index < -0.39 is 6.23 Å². The normalized spacial score (nSPS) is 16.0. The zero-order chi connectivity index (χ0) is 11.1. The molecule has 0 bridgehead atoms. The van der Waals surface area contributed by atoms with Crippen LogP contribution in [0.3, 0.4) is 0 Å². The monoisotopic (exact) mass is 214 g/mol. The number of aliphatic hydroxyl groups is 1. The molecule has 2 aromatic rings. The quantitative estimate of drug-likeness (QED) is 0.765. The fourth-order valence-corrected chi connectivity index (χ4v) is 2.30. The number of benzene rings is 2. The van der Waals surface area contributed by atoms with Crippen LogP contribution in [0.15, 0.2) is 36.4 Å². The van der Waals surface area contributed by atoms with E-state index in [1.165, 1.54) is 10.8 Å². The third kappa shape index (κ3) is 1.25. The third-order valence-corrected chi connectivity index (χ3v) is 3.08. The number of aliphatic hydroxyl groups excluding tert-OH is 1. The Morgan fingerprint density at radius 2 is 2.00 bits per heavy atom. The van der Waals surface area contributed by atoms with E-state index in [-0.39, 0.29) is 0 Å². The fraction of sp³-hybridized carbons (Fsp3) is 0.231. The minimum absolute atomic E-state index is 0.480. The Morgan fingerprint density at radius 1 is 1.25 bits per heavy atom. The van der Waals surface area contributed by atoms with E-state index in [1.54, 1.807) is 6.92 Å². The lowest BCUT2D eigenvalue weighted by Crippen LogP contribution is -2.39. The molecule has 0 amide bonds. The summed E-state index contributed by atoms with van der Waals surface area (Å²) in [6.45, 7) is 2.43. The van der Waals surface area contributed by atoms with Crippen LogP contribution in [0.25, 0.3) is 10.8 Å². The van der Waals surface area contributed by atoms with Crippen molar-refractivity contribution >= 4 is 22.1 Å². The summed E-state index contributed by atoms with van der Waals surface area (Å²) in [6.07, 6.45) is -0.480. The Labute approximate surface area is 94.3 Å². The van der Waals surface area contributed by atoms with Gasteiger partial charge < -0.3 is 15.3 Å². The first-order valence-corrected chi connectivity index (χ1v) is 5.48. The predicted octanol–water partition coefficient (Wildman–Crippen LogP) is 2.37. The highest BCUT2D eigenvalue weighted by atomic mass is 16.3. The second-order valence-electron chi connectivity index (χ2n) is 4.12. The summed E-state index contributed by atoms with van der Waals surface area (Å²) in [5.41, 5.74) is 2.24. The van der Waals surface area contributed by atoms with Crippen molar-refractivity contribution in [3.05, 3.63) is 36.4 Å². The van der Waals surface area contributed by atoms with Crippen LogP contribution in [0, 0.1) is 0 Å². The van der Waals surface area contributed by atoms with Crippen LogP contribution in [0.1, 0.15) is 6.92 Å². The van der Waals surface area contributed by atoms with Crippen molar-refractivity contribution in [3.63, 3.8) is 0 Å². The maximum Gasteiger partial charge on any atom is 0.125 e. The number of nitrogens with zero attached hydrogens (tertiary/aromatic N) is 1. The van der Waals surface area contributed by atoms with Crippen LogP contribution in [-0.2, 0) is 0 Å². The van der Waals surface area contributed by atoms with Gasteiger partial charge in [-0.3, -0.25) is 0 Å². The van der Waals surface area contributed by atoms with Gasteiger partial charge in [0.1, 0.15) is 6.23 Å². The van der Waals surface area contributed by atoms with Crippen LogP contribution in [0.4, 0.5) is 11.4 Å². The third-order valence-electron chi connectivity index (χ3n) is 3.08. The van der Waals surface area contributed by atoms with Crippen molar-refractivity contribution < 1.29 is 5.11 Å². The summed E-state index contributed by atoms with van der Waals surface area (Å²) in [7, 11) is 0. The highest BCUT2D eigenvalue weighted by molar-refractivity contribution is 6.04. The van der Waals surface area contributed by atoms with Crippen molar-refractivity contribution in [3.8, 4) is 0 Å². The van der Waals surface area contributed by atoms with Crippen LogP contribution < -0.4 is 10.2 Å². The van der Waals surface area contributed by atoms with Gasteiger partial charge in [-0.15, -0.1) is 0 Å². The second kappa shape index (κ2) is 3.39. The molecular formula is C13H14N2O. The maximum absolute atomic E-state index is 9.74. The number of nitrogens with one attached hydrogen (secondary N) is 1. The Balaban J connectivity index is 2.31. The first kappa shape index (κ1) is 9.48. The van der Waals surface area contributed by atoms with Gasteiger partial charge in [0.05, 0.1) is 12.4 Å². The number of hydrogen-bond donors (Lipinski definition) is 2. The molecule has 0 aromatic heterocycles. The minimum atomic E-state index is -0.480. The van der Waals surface area contributed by atoms with E-state index in [2.05, 4.69) is 29.6 Å². The lowest BCUT2D eigenvalue weighted by molar-refractivity contribution is 0.190. The average Bonchev–Trinajstić information content (AvgIpc) is 2.30. The summed E-state index contributed by atoms with van der Waals surface area (Å²) in [4.78, 5) is 1.95. The molecule has 0 radical (unpaired) electrons. The van der Waals surface area contributed by atoms with Gasteiger partial charge >= 0.3 is 0 Å². The van der Waals surface area contributed by atoms with E-state index in [1.807, 2.05) is 17.0 Å². The summed E-state index contributed by atoms with van der Waals surface area (Å²) in [5, 5.41) is 15.5. The fourth-order valence-electron chi connectivity index (χ4n) is 2.30. The zero-order valence-electron chi connectivity index (χ0n) is 9.14. The first-order chi connectivity index (χ1) is 7.77. The van der Waals surface area contributed by atoms with Crippen molar-refractivity contribution in [2.75, 3.05) is 16.9 Å². The number of hydrogen-bond acceptors (Lipinski definition) is 3. The van der Waals surface area contributed by atoms with Gasteiger partial charge in [-0.2, -0.15) is 0 Å². The summed E-state index contributed by atoms with van der Waals surface area (Å²) in [5.74, 6) is 0. The van der Waals surface area contributed by atoms with Crippen molar-refractivity contribution in [2.24, 2.45) is 0 Å². The SMILES string of the molecule is CC(O)N1CNc2cccc3cccc1c23. The van der Waals surface area contributed by atoms with Gasteiger partial charge in [0.2, 0.25) is 0 Å². The van der Waals surface area contributed by atoms with E-state index in [0.717, 1.165) is 11.4 Å². The standard InChI is InChI=1S/C13H14N2O/c1-9(16)15-8-14-11-6-2-4-10-5-3-7-12(15)13(10)11/h2-7,9,14,16H,8H2,1H3. The van der Waals surface area contributed by atoms with Gasteiger partial charge in [-0.05, 0) is 24.4 Å². The van der Waals surface area contributed by atoms with Crippen LogP contribution in [0.2, 0.25) is 0 Å². The second-order valence-corrected chi connectivity index (χ2v) is 4.12. The summed E-state index contributed by atoms with van der Waals surface area (Å²) < 4.78 is 0. The molecule has 0 saturated carbocycles. The molecule has 1 aliphatic heterocycles. The van der Waals surface area contributed by atoms with Crippen LogP contribution in [0.5, 0.6) is 0 Å². The Kier molecular flexibility index (Phi) is 2.01. The molecule has 3 nitrogen and oxygen atoms in total. The molecule has 1 atom stereocenters. The molecule has 16 heavy (non-hydrogen) atoms. The highest BCUT2D eigenvalue weighted by Crippen LogP contribution is 2.36. The average molecular weight is 214 g/mol. The van der Waals surface area contributed by atoms with Gasteiger partial charge in [0.15, 0.2) is 0 Å². The highest BCUT2D eigenvalue weighted by Gasteiger charge is 2.20. The van der Waals surface area contributed by atoms with Gasteiger partial charge in [-0.1, -0.05) is 24.3 Å². The van der Waals surface area contributed by atoms with Crippen LogP contribution >= 0.6 is 0 Å². The lowest BCUT2D eigenvalue weighted by Gasteiger charge is -2.34.